The van der Waals surface area contributed by atoms with Gasteiger partial charge in [-0.2, -0.15) is 0 Å². The van der Waals surface area contributed by atoms with E-state index in [4.69, 9.17) is 0 Å². The van der Waals surface area contributed by atoms with Crippen LogP contribution in [0, 0.1) is 11.6 Å². The van der Waals surface area contributed by atoms with E-state index < -0.39 is 11.6 Å². The predicted octanol–water partition coefficient (Wildman–Crippen LogP) is 3.10. The Morgan fingerprint density at radius 1 is 1.32 bits per heavy atom. The van der Waals surface area contributed by atoms with Crippen molar-refractivity contribution < 1.29 is 8.78 Å². The van der Waals surface area contributed by atoms with Crippen molar-refractivity contribution in [3.8, 4) is 0 Å². The minimum atomic E-state index is -0.777. The molecule has 1 unspecified atom stereocenters. The normalized spacial score (nSPS) is 18.2. The van der Waals surface area contributed by atoms with E-state index in [9.17, 15) is 8.78 Å². The minimum Gasteiger partial charge on any atom is -0.312 e. The first kappa shape index (κ1) is 14.4. The first-order valence-corrected chi connectivity index (χ1v) is 6.95. The summed E-state index contributed by atoms with van der Waals surface area (Å²) >= 11 is 0. The highest BCUT2D eigenvalue weighted by atomic mass is 19.2. The zero-order chi connectivity index (χ0) is 13.8. The van der Waals surface area contributed by atoms with Crippen LogP contribution in [0.3, 0.4) is 0 Å². The van der Waals surface area contributed by atoms with Crippen molar-refractivity contribution in [2.45, 2.75) is 37.8 Å². The van der Waals surface area contributed by atoms with Gasteiger partial charge in [0.2, 0.25) is 0 Å². The molecule has 1 fully saturated rings. The average Bonchev–Trinajstić information content (AvgIpc) is 2.93. The van der Waals surface area contributed by atoms with Gasteiger partial charge in [-0.1, -0.05) is 25.0 Å². The standard InChI is InChI=1S/C15H22F2N2/c1-18-14(10-19(2)11-6-3-4-7-11)12-8-5-9-13(16)15(12)17/h5,8-9,11,14,18H,3-4,6-7,10H2,1-2H3. The Morgan fingerprint density at radius 2 is 2.00 bits per heavy atom. The molecule has 1 aromatic carbocycles. The molecule has 0 heterocycles. The van der Waals surface area contributed by atoms with Gasteiger partial charge in [0, 0.05) is 24.2 Å². The second-order valence-electron chi connectivity index (χ2n) is 5.36. The molecule has 106 valence electrons. The Balaban J connectivity index is 2.08. The van der Waals surface area contributed by atoms with Crippen molar-refractivity contribution in [3.63, 3.8) is 0 Å². The molecule has 1 aromatic rings. The Bertz CT molecular complexity index is 417. The summed E-state index contributed by atoms with van der Waals surface area (Å²) in [4.78, 5) is 2.26. The highest BCUT2D eigenvalue weighted by Crippen LogP contribution is 2.25. The van der Waals surface area contributed by atoms with Crippen LogP contribution in [0.2, 0.25) is 0 Å². The third-order valence-corrected chi connectivity index (χ3v) is 4.12. The summed E-state index contributed by atoms with van der Waals surface area (Å²) in [6, 6.07) is 4.77. The Morgan fingerprint density at radius 3 is 2.63 bits per heavy atom. The van der Waals surface area contributed by atoms with Crippen LogP contribution in [-0.2, 0) is 0 Å². The summed E-state index contributed by atoms with van der Waals surface area (Å²) in [6.07, 6.45) is 4.96. The van der Waals surface area contributed by atoms with Gasteiger partial charge in [-0.3, -0.25) is 0 Å². The van der Waals surface area contributed by atoms with Crippen LogP contribution in [-0.4, -0.2) is 31.6 Å². The molecule has 0 bridgehead atoms. The minimum absolute atomic E-state index is 0.179. The van der Waals surface area contributed by atoms with Gasteiger partial charge in [0.1, 0.15) is 0 Å². The number of halogens is 2. The number of rotatable bonds is 5. The van der Waals surface area contributed by atoms with Crippen LogP contribution in [0.5, 0.6) is 0 Å². The number of hydrogen-bond acceptors (Lipinski definition) is 2. The molecule has 0 spiro atoms. The van der Waals surface area contributed by atoms with Gasteiger partial charge >= 0.3 is 0 Å². The smallest absolute Gasteiger partial charge is 0.163 e. The molecular formula is C15H22F2N2. The van der Waals surface area contributed by atoms with E-state index in [2.05, 4.69) is 17.3 Å². The lowest BCUT2D eigenvalue weighted by molar-refractivity contribution is 0.220. The van der Waals surface area contributed by atoms with E-state index >= 15 is 0 Å². The molecule has 1 aliphatic carbocycles. The number of nitrogens with one attached hydrogen (secondary N) is 1. The van der Waals surface area contributed by atoms with Gasteiger partial charge in [0.25, 0.3) is 0 Å². The fourth-order valence-corrected chi connectivity index (χ4v) is 2.92. The molecule has 1 aliphatic rings. The third kappa shape index (κ3) is 3.31. The van der Waals surface area contributed by atoms with Crippen molar-refractivity contribution in [1.82, 2.24) is 10.2 Å². The van der Waals surface area contributed by atoms with Crippen LogP contribution >= 0.6 is 0 Å². The zero-order valence-electron chi connectivity index (χ0n) is 11.6. The van der Waals surface area contributed by atoms with Crippen molar-refractivity contribution in [3.05, 3.63) is 35.4 Å². The quantitative estimate of drug-likeness (QED) is 0.882. The van der Waals surface area contributed by atoms with Crippen LogP contribution in [0.1, 0.15) is 37.3 Å². The van der Waals surface area contributed by atoms with E-state index in [1.54, 1.807) is 19.2 Å². The Labute approximate surface area is 113 Å². The van der Waals surface area contributed by atoms with Gasteiger partial charge in [-0.25, -0.2) is 8.78 Å². The van der Waals surface area contributed by atoms with Crippen LogP contribution in [0.4, 0.5) is 8.78 Å². The SMILES string of the molecule is CNC(CN(C)C1CCCC1)c1cccc(F)c1F. The van der Waals surface area contributed by atoms with Crippen molar-refractivity contribution in [1.29, 1.82) is 0 Å². The molecule has 1 atom stereocenters. The number of likely N-dealkylation sites (N-methyl/N-ethyl adjacent to an activating group) is 2. The lowest BCUT2D eigenvalue weighted by Gasteiger charge is -2.29. The zero-order valence-corrected chi connectivity index (χ0v) is 11.6. The second kappa shape index (κ2) is 6.44. The summed E-state index contributed by atoms with van der Waals surface area (Å²) in [5.74, 6) is -1.51. The topological polar surface area (TPSA) is 15.3 Å². The van der Waals surface area contributed by atoms with Gasteiger partial charge in [0.05, 0.1) is 0 Å². The molecule has 0 aliphatic heterocycles. The van der Waals surface area contributed by atoms with E-state index in [0.29, 0.717) is 18.2 Å². The lowest BCUT2D eigenvalue weighted by Crippen LogP contribution is -2.37. The summed E-state index contributed by atoms with van der Waals surface area (Å²) in [7, 11) is 3.86. The highest BCUT2D eigenvalue weighted by Gasteiger charge is 2.24. The van der Waals surface area contributed by atoms with E-state index in [1.165, 1.54) is 25.7 Å². The van der Waals surface area contributed by atoms with Crippen LogP contribution in [0.25, 0.3) is 0 Å². The molecular weight excluding hydrogens is 246 g/mol. The Hall–Kier alpha value is -1.00. The number of nitrogens with zero attached hydrogens (tertiary/aromatic N) is 1. The molecule has 1 N–H and O–H groups in total. The van der Waals surface area contributed by atoms with E-state index in [0.717, 1.165) is 6.07 Å². The van der Waals surface area contributed by atoms with Gasteiger partial charge in [-0.15, -0.1) is 0 Å². The van der Waals surface area contributed by atoms with E-state index in [1.807, 2.05) is 0 Å². The van der Waals surface area contributed by atoms with Crippen LogP contribution < -0.4 is 5.32 Å². The average molecular weight is 268 g/mol. The molecule has 1 saturated carbocycles. The number of benzene rings is 1. The molecule has 19 heavy (non-hydrogen) atoms. The van der Waals surface area contributed by atoms with Crippen molar-refractivity contribution >= 4 is 0 Å². The fourth-order valence-electron chi connectivity index (χ4n) is 2.92. The molecule has 2 nitrogen and oxygen atoms in total. The van der Waals surface area contributed by atoms with Gasteiger partial charge < -0.3 is 10.2 Å². The molecule has 0 amide bonds. The maximum absolute atomic E-state index is 13.8. The van der Waals surface area contributed by atoms with Crippen molar-refractivity contribution in [2.75, 3.05) is 20.6 Å². The molecule has 2 rings (SSSR count). The van der Waals surface area contributed by atoms with Gasteiger partial charge in [0.15, 0.2) is 11.6 Å². The monoisotopic (exact) mass is 268 g/mol. The maximum atomic E-state index is 13.8. The Kier molecular flexibility index (Phi) is 4.88. The molecule has 0 radical (unpaired) electrons. The fraction of sp³-hybridized carbons (Fsp3) is 0.600. The summed E-state index contributed by atoms with van der Waals surface area (Å²) in [5.41, 5.74) is 0.410. The van der Waals surface area contributed by atoms with E-state index in [-0.39, 0.29) is 6.04 Å². The summed E-state index contributed by atoms with van der Waals surface area (Å²) < 4.78 is 27.1. The summed E-state index contributed by atoms with van der Waals surface area (Å²) in [5, 5.41) is 3.09. The largest absolute Gasteiger partial charge is 0.312 e. The first-order chi connectivity index (χ1) is 9.13. The highest BCUT2D eigenvalue weighted by molar-refractivity contribution is 5.23. The maximum Gasteiger partial charge on any atom is 0.163 e. The molecule has 0 aromatic heterocycles. The number of hydrogen-bond donors (Lipinski definition) is 1. The second-order valence-corrected chi connectivity index (χ2v) is 5.36. The predicted molar refractivity (Wildman–Crippen MR) is 73.0 cm³/mol. The molecule has 4 heteroatoms. The summed E-state index contributed by atoms with van der Waals surface area (Å²) in [6.45, 7) is 0.696. The molecule has 0 saturated heterocycles. The first-order valence-electron chi connectivity index (χ1n) is 6.95. The van der Waals surface area contributed by atoms with Gasteiger partial charge in [-0.05, 0) is 33.0 Å². The third-order valence-electron chi connectivity index (χ3n) is 4.12. The van der Waals surface area contributed by atoms with Crippen LogP contribution in [0.15, 0.2) is 18.2 Å². The van der Waals surface area contributed by atoms with Crippen molar-refractivity contribution in [2.24, 2.45) is 0 Å². The lowest BCUT2D eigenvalue weighted by atomic mass is 10.0.